The third-order valence-corrected chi connectivity index (χ3v) is 4.43. The number of carbonyl (C=O) groups is 3. The summed E-state index contributed by atoms with van der Waals surface area (Å²) in [6.45, 7) is 6.20. The second kappa shape index (κ2) is 9.32. The Balaban J connectivity index is 2.42. The number of carbonyl (C=O) groups excluding carboxylic acids is 3. The number of nitrogens with two attached hydrogens (primary N) is 1. The fraction of sp³-hybridized carbons (Fsp3) is 0.368. The van der Waals surface area contributed by atoms with E-state index in [4.69, 9.17) is 27.4 Å². The molecule has 0 radical (unpaired) electrons. The standard InChI is InChI=1S/C19H23N3O5S/c1-4-21-17(24)13(18(25)22(5-2)19(21)28)9-12-7-8-14(27-11-16(20)23)15(10-12)26-6-3/h7-10H,4-6,11H2,1-3H3,(H2,20,23). The molecule has 1 aliphatic heterocycles. The van der Waals surface area contributed by atoms with Crippen molar-refractivity contribution in [3.63, 3.8) is 0 Å². The first kappa shape index (κ1) is 21.4. The van der Waals surface area contributed by atoms with E-state index in [0.29, 0.717) is 36.8 Å². The van der Waals surface area contributed by atoms with Crippen LogP contribution in [0.1, 0.15) is 26.3 Å². The molecule has 3 amide bonds. The van der Waals surface area contributed by atoms with Crippen LogP contribution in [0.15, 0.2) is 23.8 Å². The van der Waals surface area contributed by atoms with Crippen LogP contribution < -0.4 is 15.2 Å². The maximum Gasteiger partial charge on any atom is 0.265 e. The maximum absolute atomic E-state index is 12.7. The molecule has 1 aromatic carbocycles. The average molecular weight is 405 g/mol. The number of ether oxygens (including phenoxy) is 2. The van der Waals surface area contributed by atoms with Crippen LogP contribution in [0.4, 0.5) is 0 Å². The van der Waals surface area contributed by atoms with E-state index in [0.717, 1.165) is 0 Å². The number of rotatable bonds is 8. The molecule has 9 heteroatoms. The van der Waals surface area contributed by atoms with Crippen LogP contribution in [0.3, 0.4) is 0 Å². The highest BCUT2D eigenvalue weighted by molar-refractivity contribution is 7.80. The Hall–Kier alpha value is -2.94. The van der Waals surface area contributed by atoms with Gasteiger partial charge in [-0.05, 0) is 56.8 Å². The molecule has 150 valence electrons. The summed E-state index contributed by atoms with van der Waals surface area (Å²) in [5, 5.41) is 0.211. The van der Waals surface area contributed by atoms with E-state index in [1.807, 2.05) is 0 Å². The van der Waals surface area contributed by atoms with Crippen molar-refractivity contribution in [3.05, 3.63) is 29.3 Å². The summed E-state index contributed by atoms with van der Waals surface area (Å²) in [4.78, 5) is 39.1. The molecule has 28 heavy (non-hydrogen) atoms. The summed E-state index contributed by atoms with van der Waals surface area (Å²) in [6, 6.07) is 4.89. The van der Waals surface area contributed by atoms with Gasteiger partial charge in [-0.1, -0.05) is 6.07 Å². The zero-order valence-electron chi connectivity index (χ0n) is 16.1. The van der Waals surface area contributed by atoms with E-state index in [1.165, 1.54) is 15.9 Å². The molecule has 1 aromatic rings. The molecular weight excluding hydrogens is 382 g/mol. The van der Waals surface area contributed by atoms with Crippen LogP contribution in [0.25, 0.3) is 6.08 Å². The molecule has 0 aliphatic carbocycles. The Bertz CT molecular complexity index is 809. The fourth-order valence-electron chi connectivity index (χ4n) is 2.70. The third-order valence-electron chi connectivity index (χ3n) is 3.99. The Morgan fingerprint density at radius 2 is 1.68 bits per heavy atom. The summed E-state index contributed by atoms with van der Waals surface area (Å²) < 4.78 is 10.9. The van der Waals surface area contributed by atoms with Gasteiger partial charge in [-0.2, -0.15) is 0 Å². The molecule has 1 aliphatic rings. The fourth-order valence-corrected chi connectivity index (χ4v) is 3.12. The number of benzene rings is 1. The molecule has 0 unspecified atom stereocenters. The van der Waals surface area contributed by atoms with Crippen LogP contribution in [0.5, 0.6) is 11.5 Å². The van der Waals surface area contributed by atoms with E-state index in [9.17, 15) is 14.4 Å². The van der Waals surface area contributed by atoms with Crippen molar-refractivity contribution in [1.82, 2.24) is 9.80 Å². The zero-order valence-corrected chi connectivity index (χ0v) is 16.9. The normalized spacial score (nSPS) is 14.4. The van der Waals surface area contributed by atoms with E-state index >= 15 is 0 Å². The van der Waals surface area contributed by atoms with Crippen LogP contribution in [0.2, 0.25) is 0 Å². The summed E-state index contributed by atoms with van der Waals surface area (Å²) in [6.07, 6.45) is 1.50. The van der Waals surface area contributed by atoms with E-state index in [-0.39, 0.29) is 17.3 Å². The average Bonchev–Trinajstić information content (AvgIpc) is 2.65. The molecule has 0 aromatic heterocycles. The summed E-state index contributed by atoms with van der Waals surface area (Å²) in [7, 11) is 0. The van der Waals surface area contributed by atoms with Crippen LogP contribution >= 0.6 is 12.2 Å². The molecule has 0 bridgehead atoms. The van der Waals surface area contributed by atoms with Crippen molar-refractivity contribution >= 4 is 41.1 Å². The number of primary amides is 1. The lowest BCUT2D eigenvalue weighted by Crippen LogP contribution is -2.55. The lowest BCUT2D eigenvalue weighted by Gasteiger charge is -2.35. The molecule has 0 spiro atoms. The number of amides is 3. The monoisotopic (exact) mass is 405 g/mol. The van der Waals surface area contributed by atoms with Gasteiger partial charge in [-0.3, -0.25) is 24.2 Å². The molecule has 1 heterocycles. The quantitative estimate of drug-likeness (QED) is 0.398. The van der Waals surface area contributed by atoms with Crippen molar-refractivity contribution < 1.29 is 23.9 Å². The maximum atomic E-state index is 12.7. The SMILES string of the molecule is CCOc1cc(C=C2C(=O)N(CC)C(=S)N(CC)C2=O)ccc1OCC(N)=O. The highest BCUT2D eigenvalue weighted by Crippen LogP contribution is 2.30. The van der Waals surface area contributed by atoms with Gasteiger partial charge in [-0.25, -0.2) is 0 Å². The van der Waals surface area contributed by atoms with Gasteiger partial charge in [0.25, 0.3) is 17.7 Å². The minimum absolute atomic E-state index is 0.0190. The van der Waals surface area contributed by atoms with Gasteiger partial charge < -0.3 is 15.2 Å². The molecule has 1 fully saturated rings. The first-order chi connectivity index (χ1) is 13.3. The minimum atomic E-state index is -0.609. The first-order valence-electron chi connectivity index (χ1n) is 8.91. The number of nitrogens with zero attached hydrogens (tertiary/aromatic N) is 2. The Kier molecular flexibility index (Phi) is 7.11. The third kappa shape index (κ3) is 4.48. The van der Waals surface area contributed by atoms with Gasteiger partial charge in [0.2, 0.25) is 0 Å². The van der Waals surface area contributed by atoms with E-state index in [2.05, 4.69) is 0 Å². The minimum Gasteiger partial charge on any atom is -0.490 e. The highest BCUT2D eigenvalue weighted by Gasteiger charge is 2.37. The second-order valence-corrected chi connectivity index (χ2v) is 6.20. The van der Waals surface area contributed by atoms with Gasteiger partial charge in [0.15, 0.2) is 23.2 Å². The topological polar surface area (TPSA) is 102 Å². The molecular formula is C19H23N3O5S. The van der Waals surface area contributed by atoms with E-state index in [1.54, 1.807) is 39.0 Å². The number of hydrogen-bond donors (Lipinski definition) is 1. The van der Waals surface area contributed by atoms with Gasteiger partial charge in [0.05, 0.1) is 6.61 Å². The van der Waals surface area contributed by atoms with Gasteiger partial charge in [-0.15, -0.1) is 0 Å². The molecule has 0 atom stereocenters. The number of hydrogen-bond acceptors (Lipinski definition) is 6. The van der Waals surface area contributed by atoms with Gasteiger partial charge in [0.1, 0.15) is 5.57 Å². The van der Waals surface area contributed by atoms with Crippen LogP contribution in [-0.4, -0.2) is 58.9 Å². The molecule has 8 nitrogen and oxygen atoms in total. The highest BCUT2D eigenvalue weighted by atomic mass is 32.1. The predicted octanol–water partition coefficient (Wildman–Crippen LogP) is 1.33. The lowest BCUT2D eigenvalue weighted by molar-refractivity contribution is -0.133. The van der Waals surface area contributed by atoms with Gasteiger partial charge in [0, 0.05) is 13.1 Å². The smallest absolute Gasteiger partial charge is 0.265 e. The molecule has 1 saturated heterocycles. The first-order valence-corrected chi connectivity index (χ1v) is 9.32. The van der Waals surface area contributed by atoms with Crippen molar-refractivity contribution in [2.75, 3.05) is 26.3 Å². The Labute approximate surface area is 168 Å². The van der Waals surface area contributed by atoms with E-state index < -0.39 is 17.7 Å². The number of likely N-dealkylation sites (N-methyl/N-ethyl adjacent to an activating group) is 2. The second-order valence-electron chi connectivity index (χ2n) is 5.83. The lowest BCUT2D eigenvalue weighted by atomic mass is 10.1. The van der Waals surface area contributed by atoms with Crippen LogP contribution in [-0.2, 0) is 14.4 Å². The summed E-state index contributed by atoms with van der Waals surface area (Å²) in [5.74, 6) is -0.759. The van der Waals surface area contributed by atoms with Crippen molar-refractivity contribution in [2.45, 2.75) is 20.8 Å². The summed E-state index contributed by atoms with van der Waals surface area (Å²) >= 11 is 5.25. The van der Waals surface area contributed by atoms with Crippen molar-refractivity contribution in [2.24, 2.45) is 5.73 Å². The van der Waals surface area contributed by atoms with Crippen LogP contribution in [0, 0.1) is 0 Å². The van der Waals surface area contributed by atoms with Crippen molar-refractivity contribution in [1.29, 1.82) is 0 Å². The zero-order chi connectivity index (χ0) is 20.8. The molecule has 0 saturated carbocycles. The molecule has 2 rings (SSSR count). The molecule has 2 N–H and O–H groups in total. The number of thiocarbonyl (C=S) groups is 1. The van der Waals surface area contributed by atoms with Gasteiger partial charge >= 0.3 is 0 Å². The summed E-state index contributed by atoms with van der Waals surface area (Å²) in [5.41, 5.74) is 5.70. The Morgan fingerprint density at radius 1 is 1.07 bits per heavy atom. The van der Waals surface area contributed by atoms with Crippen molar-refractivity contribution in [3.8, 4) is 11.5 Å². The Morgan fingerprint density at radius 3 is 2.18 bits per heavy atom. The largest absolute Gasteiger partial charge is 0.490 e. The predicted molar refractivity (Wildman–Crippen MR) is 108 cm³/mol.